The topological polar surface area (TPSA) is 190 Å². The predicted octanol–water partition coefficient (Wildman–Crippen LogP) is 6.01. The minimum atomic E-state index is -2.14. The Labute approximate surface area is 248 Å². The van der Waals surface area contributed by atoms with Crippen LogP contribution in [-0.2, 0) is 0 Å². The number of rotatable bonds is 2. The van der Waals surface area contributed by atoms with Crippen LogP contribution in [0, 0.1) is 136 Å². The van der Waals surface area contributed by atoms with Gasteiger partial charge in [0.1, 0.15) is 0 Å². The van der Waals surface area contributed by atoms with Crippen LogP contribution in [0.15, 0.2) is 63.1 Å². The van der Waals surface area contributed by atoms with Crippen molar-refractivity contribution in [3.05, 3.63) is 68.0 Å². The van der Waals surface area contributed by atoms with Crippen molar-refractivity contribution in [1.29, 1.82) is 42.1 Å². The Morgan fingerprint density at radius 2 is 1.17 bits per heavy atom. The van der Waals surface area contributed by atoms with E-state index in [2.05, 4.69) is 48.6 Å². The zero-order valence-electron chi connectivity index (χ0n) is 23.3. The van der Waals surface area contributed by atoms with Crippen molar-refractivity contribution in [3.8, 4) is 48.6 Å². The van der Waals surface area contributed by atoms with Gasteiger partial charge in [-0.25, -0.2) is 0 Å². The van der Waals surface area contributed by atoms with Crippen molar-refractivity contribution in [2.24, 2.45) is 45.3 Å². The lowest BCUT2D eigenvalue weighted by Crippen LogP contribution is -2.52. The molecule has 2 unspecified atom stereocenters. The minimum Gasteiger partial charge on any atom is -0.196 e. The van der Waals surface area contributed by atoms with Crippen LogP contribution in [0.25, 0.3) is 0 Å². The molecule has 4 atom stereocenters. The summed E-state index contributed by atoms with van der Waals surface area (Å²) in [7, 11) is 0. The number of hydrogen-bond donors (Lipinski definition) is 0. The maximum atomic E-state index is 10.8. The number of nitriles is 8. The standard InChI is InChI=1S/C33H22N8S/c1-18(2)21-8-23-19(3)26-22-9-24(25-6-5-7-42-25)31(12-36,13-37)32(14-38,15-39)28(22)20(4)27(26)29(21)33(16-40,17-41)30(23,10-34)11-35/h5-9,18,23-24,28-29H,1-4H3/t23-,24?,28?,29+/m1/s1. The van der Waals surface area contributed by atoms with Crippen LogP contribution in [0.1, 0.15) is 38.5 Å². The summed E-state index contributed by atoms with van der Waals surface area (Å²) in [6, 6.07) is 20.3. The first kappa shape index (κ1) is 28.1. The summed E-state index contributed by atoms with van der Waals surface area (Å²) >= 11 is 1.31. The van der Waals surface area contributed by atoms with Gasteiger partial charge in [-0.05, 0) is 47.9 Å². The van der Waals surface area contributed by atoms with E-state index in [0.717, 1.165) is 0 Å². The van der Waals surface area contributed by atoms with E-state index in [1.54, 1.807) is 37.4 Å². The molecule has 0 aliphatic heterocycles. The largest absolute Gasteiger partial charge is 0.196 e. The second kappa shape index (κ2) is 9.05. The van der Waals surface area contributed by atoms with E-state index in [-0.39, 0.29) is 5.92 Å². The highest BCUT2D eigenvalue weighted by Crippen LogP contribution is 2.71. The summed E-state index contributed by atoms with van der Waals surface area (Å²) in [5.41, 5.74) is -4.92. The average molecular weight is 563 g/mol. The lowest BCUT2D eigenvalue weighted by Gasteiger charge is -2.46. The molecule has 42 heavy (non-hydrogen) atoms. The van der Waals surface area contributed by atoms with Gasteiger partial charge < -0.3 is 0 Å². The zero-order valence-corrected chi connectivity index (χ0v) is 24.1. The quantitative estimate of drug-likeness (QED) is 0.391. The molecule has 5 aliphatic rings. The maximum Gasteiger partial charge on any atom is 0.187 e. The second-order valence-electron chi connectivity index (χ2n) is 11.6. The zero-order chi connectivity index (χ0) is 30.8. The summed E-state index contributed by atoms with van der Waals surface area (Å²) in [4.78, 5) is 0.632. The first-order valence-corrected chi connectivity index (χ1v) is 14.1. The van der Waals surface area contributed by atoms with Crippen molar-refractivity contribution < 1.29 is 0 Å². The Bertz CT molecular complexity index is 1860. The molecule has 0 saturated heterocycles. The summed E-state index contributed by atoms with van der Waals surface area (Å²) in [6.45, 7) is 7.30. The number of hydrogen-bond acceptors (Lipinski definition) is 9. The van der Waals surface area contributed by atoms with Crippen molar-refractivity contribution in [3.63, 3.8) is 0 Å². The molecule has 5 aliphatic carbocycles. The third-order valence-corrected chi connectivity index (χ3v) is 10.8. The van der Waals surface area contributed by atoms with Gasteiger partial charge in [0.2, 0.25) is 0 Å². The van der Waals surface area contributed by atoms with Crippen LogP contribution in [0.2, 0.25) is 0 Å². The molecular formula is C33H22N8S. The van der Waals surface area contributed by atoms with E-state index >= 15 is 0 Å². The van der Waals surface area contributed by atoms with E-state index in [4.69, 9.17) is 0 Å². The fraction of sp³-hybridized carbons (Fsp3) is 0.394. The molecule has 200 valence electrons. The molecular weight excluding hydrogens is 540 g/mol. The van der Waals surface area contributed by atoms with Crippen LogP contribution in [0.4, 0.5) is 0 Å². The fourth-order valence-electron chi connectivity index (χ4n) is 7.97. The normalized spacial score (nSPS) is 28.4. The Hall–Kier alpha value is -5.42. The van der Waals surface area contributed by atoms with Gasteiger partial charge in [-0.2, -0.15) is 42.1 Å². The van der Waals surface area contributed by atoms with Crippen molar-refractivity contribution in [2.45, 2.75) is 33.6 Å². The SMILES string of the molecule is CC1=C2C(=C(C)[C@H]3C=C(C(C)C)[C@@H]2C(C#N)(C#N)C3(C#N)C#N)C2=CC(c3cccs3)C(C#N)(C#N)C(C#N)(C#N)C21. The molecule has 0 saturated carbocycles. The molecule has 0 fully saturated rings. The molecule has 0 amide bonds. The fourth-order valence-corrected chi connectivity index (χ4v) is 8.83. The molecule has 9 heteroatoms. The number of allylic oxidation sites excluding steroid dienone is 8. The van der Waals surface area contributed by atoms with Crippen LogP contribution in [0.5, 0.6) is 0 Å². The molecule has 0 aromatic carbocycles. The first-order chi connectivity index (χ1) is 20.1. The summed E-state index contributed by atoms with van der Waals surface area (Å²) < 4.78 is 0. The molecule has 6 rings (SSSR count). The molecule has 1 heterocycles. The van der Waals surface area contributed by atoms with E-state index < -0.39 is 45.3 Å². The molecule has 1 aromatic heterocycles. The molecule has 0 N–H and O–H groups in total. The van der Waals surface area contributed by atoms with E-state index in [1.165, 1.54) is 11.3 Å². The highest BCUT2D eigenvalue weighted by Gasteiger charge is 2.73. The number of thiophene rings is 1. The molecule has 1 aromatic rings. The van der Waals surface area contributed by atoms with Gasteiger partial charge >= 0.3 is 0 Å². The van der Waals surface area contributed by atoms with Gasteiger partial charge in [-0.15, -0.1) is 11.3 Å². The van der Waals surface area contributed by atoms with E-state index in [9.17, 15) is 42.1 Å². The third-order valence-electron chi connectivity index (χ3n) is 9.89. The predicted molar refractivity (Wildman–Crippen MR) is 149 cm³/mol. The Kier molecular flexibility index (Phi) is 6.06. The van der Waals surface area contributed by atoms with E-state index in [1.807, 2.05) is 19.9 Å². The van der Waals surface area contributed by atoms with Gasteiger partial charge in [0.25, 0.3) is 0 Å². The van der Waals surface area contributed by atoms with E-state index in [0.29, 0.717) is 38.3 Å². The average Bonchev–Trinajstić information content (AvgIpc) is 3.60. The molecule has 8 nitrogen and oxygen atoms in total. The Morgan fingerprint density at radius 3 is 1.62 bits per heavy atom. The molecule has 2 bridgehead atoms. The first-order valence-electron chi connectivity index (χ1n) is 13.3. The van der Waals surface area contributed by atoms with Crippen molar-refractivity contribution >= 4 is 11.3 Å². The van der Waals surface area contributed by atoms with Crippen LogP contribution >= 0.6 is 11.3 Å². The Morgan fingerprint density at radius 1 is 0.667 bits per heavy atom. The van der Waals surface area contributed by atoms with Gasteiger partial charge in [0.15, 0.2) is 21.7 Å². The second-order valence-corrected chi connectivity index (χ2v) is 12.5. The molecule has 0 radical (unpaired) electrons. The van der Waals surface area contributed by atoms with Crippen LogP contribution in [0.3, 0.4) is 0 Å². The van der Waals surface area contributed by atoms with Gasteiger partial charge in [0, 0.05) is 28.5 Å². The lowest BCUT2D eigenvalue weighted by molar-refractivity contribution is 0.179. The van der Waals surface area contributed by atoms with Crippen molar-refractivity contribution in [2.75, 3.05) is 0 Å². The van der Waals surface area contributed by atoms with Crippen LogP contribution < -0.4 is 0 Å². The number of fused-ring (bicyclic) bond motifs is 2. The van der Waals surface area contributed by atoms with Gasteiger partial charge in [-0.3, -0.25) is 0 Å². The smallest absolute Gasteiger partial charge is 0.187 e. The highest BCUT2D eigenvalue weighted by molar-refractivity contribution is 7.10. The third kappa shape index (κ3) is 2.73. The summed E-state index contributed by atoms with van der Waals surface area (Å²) in [5, 5.41) is 87.0. The molecule has 0 spiro atoms. The summed E-state index contributed by atoms with van der Waals surface area (Å²) in [6.07, 6.45) is 3.63. The Balaban J connectivity index is 2.02. The highest BCUT2D eigenvalue weighted by atomic mass is 32.1. The summed E-state index contributed by atoms with van der Waals surface area (Å²) in [5.74, 6) is -4.07. The number of nitrogens with zero attached hydrogens (tertiary/aromatic N) is 8. The van der Waals surface area contributed by atoms with Gasteiger partial charge in [0.05, 0.1) is 48.6 Å². The monoisotopic (exact) mass is 562 g/mol. The maximum absolute atomic E-state index is 10.8. The lowest BCUT2D eigenvalue weighted by atomic mass is 9.47. The minimum absolute atomic E-state index is 0.175. The van der Waals surface area contributed by atoms with Crippen LogP contribution in [-0.4, -0.2) is 0 Å². The van der Waals surface area contributed by atoms with Crippen molar-refractivity contribution in [1.82, 2.24) is 0 Å². The van der Waals surface area contributed by atoms with Gasteiger partial charge in [-0.1, -0.05) is 48.8 Å².